The van der Waals surface area contributed by atoms with Crippen LogP contribution < -0.4 is 9.47 Å². The lowest BCUT2D eigenvalue weighted by atomic mass is 10.2. The van der Waals surface area contributed by atoms with E-state index in [1.54, 1.807) is 16.2 Å². The molecule has 2 aromatic rings. The number of ether oxygens (including phenoxy) is 2. The number of carbonyl (C=O) groups is 1. The highest BCUT2D eigenvalue weighted by Gasteiger charge is 2.32. The third-order valence-electron chi connectivity index (χ3n) is 3.82. The van der Waals surface area contributed by atoms with E-state index in [2.05, 4.69) is 0 Å². The topological polar surface area (TPSA) is 38.8 Å². The minimum Gasteiger partial charge on any atom is -0.454 e. The van der Waals surface area contributed by atoms with Gasteiger partial charge in [-0.25, -0.2) is 0 Å². The van der Waals surface area contributed by atoms with E-state index in [-0.39, 0.29) is 12.7 Å². The predicted molar refractivity (Wildman–Crippen MR) is 100 cm³/mol. The van der Waals surface area contributed by atoms with Crippen LogP contribution in [0.25, 0.3) is 6.08 Å². The highest BCUT2D eigenvalue weighted by atomic mass is 32.2. The molecule has 0 aliphatic carbocycles. The molecule has 4 rings (SSSR count). The van der Waals surface area contributed by atoms with Crippen LogP contribution in [0.15, 0.2) is 34.6 Å². The average Bonchev–Trinajstić information content (AvgIpc) is 3.25. The standard InChI is InChI=1S/C17H13NO3S3/c1-10-4-5-23-14(10)7-15-16(19)18(17(22)24-15)8-11-2-3-12-13(6-11)21-9-20-12/h2-7H,8-9H2,1H3/b15-7-. The lowest BCUT2D eigenvalue weighted by molar-refractivity contribution is -0.122. The number of hydrogen-bond acceptors (Lipinski definition) is 6. The first-order valence-corrected chi connectivity index (χ1v) is 9.40. The molecular weight excluding hydrogens is 362 g/mol. The molecular formula is C17H13NO3S3. The van der Waals surface area contributed by atoms with Crippen molar-refractivity contribution >= 4 is 51.6 Å². The molecule has 1 aromatic carbocycles. The second kappa shape index (κ2) is 6.23. The Labute approximate surface area is 153 Å². The number of carbonyl (C=O) groups excluding carboxylic acids is 1. The van der Waals surface area contributed by atoms with Gasteiger partial charge in [0.2, 0.25) is 6.79 Å². The summed E-state index contributed by atoms with van der Waals surface area (Å²) in [5.74, 6) is 1.40. The Morgan fingerprint density at radius 1 is 1.29 bits per heavy atom. The van der Waals surface area contributed by atoms with Crippen LogP contribution >= 0.6 is 35.3 Å². The lowest BCUT2D eigenvalue weighted by Crippen LogP contribution is -2.27. The summed E-state index contributed by atoms with van der Waals surface area (Å²) in [5, 5.41) is 2.02. The molecule has 7 heteroatoms. The van der Waals surface area contributed by atoms with Gasteiger partial charge in [-0.15, -0.1) is 11.3 Å². The third kappa shape index (κ3) is 2.83. The third-order valence-corrected chi connectivity index (χ3v) is 6.16. The smallest absolute Gasteiger partial charge is 0.266 e. The molecule has 3 heterocycles. The second-order valence-electron chi connectivity index (χ2n) is 5.42. The molecule has 0 N–H and O–H groups in total. The fourth-order valence-corrected chi connectivity index (χ4v) is 4.68. The molecule has 0 bridgehead atoms. The van der Waals surface area contributed by atoms with Crippen LogP contribution in [0.4, 0.5) is 0 Å². The van der Waals surface area contributed by atoms with Gasteiger partial charge in [-0.1, -0.05) is 30.0 Å². The number of fused-ring (bicyclic) bond motifs is 1. The maximum Gasteiger partial charge on any atom is 0.266 e. The van der Waals surface area contributed by atoms with Crippen LogP contribution in [0.1, 0.15) is 16.0 Å². The minimum atomic E-state index is -0.0459. The van der Waals surface area contributed by atoms with E-state index >= 15 is 0 Å². The Morgan fingerprint density at radius 2 is 2.12 bits per heavy atom. The number of amides is 1. The summed E-state index contributed by atoms with van der Waals surface area (Å²) in [6.45, 7) is 2.71. The number of thiocarbonyl (C=S) groups is 1. The highest BCUT2D eigenvalue weighted by molar-refractivity contribution is 8.26. The number of benzene rings is 1. The normalized spacial score (nSPS) is 18.0. The summed E-state index contributed by atoms with van der Waals surface area (Å²) in [5.41, 5.74) is 2.13. The summed E-state index contributed by atoms with van der Waals surface area (Å²) >= 11 is 8.37. The fraction of sp³-hybridized carbons (Fsp3) is 0.176. The molecule has 1 saturated heterocycles. The summed E-state index contributed by atoms with van der Waals surface area (Å²) in [7, 11) is 0. The van der Waals surface area contributed by atoms with Crippen molar-refractivity contribution in [1.29, 1.82) is 0 Å². The summed E-state index contributed by atoms with van der Waals surface area (Å²) < 4.78 is 11.3. The van der Waals surface area contributed by atoms with Gasteiger partial charge in [-0.2, -0.15) is 0 Å². The Kier molecular flexibility index (Phi) is 4.07. The number of hydrogen-bond donors (Lipinski definition) is 0. The van der Waals surface area contributed by atoms with Gasteiger partial charge in [-0.3, -0.25) is 9.69 Å². The van der Waals surface area contributed by atoms with Crippen LogP contribution in [0.2, 0.25) is 0 Å². The van der Waals surface area contributed by atoms with Crippen LogP contribution in [0.5, 0.6) is 11.5 Å². The predicted octanol–water partition coefficient (Wildman–Crippen LogP) is 4.19. The van der Waals surface area contributed by atoms with E-state index < -0.39 is 0 Å². The number of rotatable bonds is 3. The van der Waals surface area contributed by atoms with E-state index in [9.17, 15) is 4.79 Å². The largest absolute Gasteiger partial charge is 0.454 e. The van der Waals surface area contributed by atoms with Crippen LogP contribution in [-0.4, -0.2) is 21.9 Å². The van der Waals surface area contributed by atoms with Gasteiger partial charge in [0.05, 0.1) is 11.4 Å². The van der Waals surface area contributed by atoms with E-state index in [0.717, 1.165) is 16.2 Å². The lowest BCUT2D eigenvalue weighted by Gasteiger charge is -2.14. The van der Waals surface area contributed by atoms with Crippen molar-refractivity contribution < 1.29 is 14.3 Å². The zero-order valence-electron chi connectivity index (χ0n) is 12.8. The fourth-order valence-electron chi connectivity index (χ4n) is 2.51. The SMILES string of the molecule is Cc1ccsc1/C=C1\SC(=S)N(Cc2ccc3c(c2)OCO3)C1=O. The Balaban J connectivity index is 1.56. The van der Waals surface area contributed by atoms with Crippen molar-refractivity contribution in [2.24, 2.45) is 0 Å². The van der Waals surface area contributed by atoms with E-state index in [1.807, 2.05) is 42.6 Å². The van der Waals surface area contributed by atoms with Gasteiger partial charge in [0.15, 0.2) is 11.5 Å². The van der Waals surface area contributed by atoms with Crippen molar-refractivity contribution in [2.45, 2.75) is 13.5 Å². The van der Waals surface area contributed by atoms with Gasteiger partial charge in [0.1, 0.15) is 4.32 Å². The monoisotopic (exact) mass is 375 g/mol. The molecule has 2 aliphatic rings. The Bertz CT molecular complexity index is 872. The number of thiophene rings is 1. The second-order valence-corrected chi connectivity index (χ2v) is 8.05. The zero-order valence-corrected chi connectivity index (χ0v) is 15.2. The van der Waals surface area contributed by atoms with Crippen LogP contribution in [0.3, 0.4) is 0 Å². The van der Waals surface area contributed by atoms with Gasteiger partial charge in [0, 0.05) is 4.88 Å². The number of aryl methyl sites for hydroxylation is 1. The van der Waals surface area contributed by atoms with Crippen molar-refractivity contribution in [1.82, 2.24) is 4.90 Å². The maximum absolute atomic E-state index is 12.7. The van der Waals surface area contributed by atoms with E-state index in [4.69, 9.17) is 21.7 Å². The van der Waals surface area contributed by atoms with Crippen molar-refractivity contribution in [3.8, 4) is 11.5 Å². The zero-order chi connectivity index (χ0) is 16.7. The number of nitrogens with zero attached hydrogens (tertiary/aromatic N) is 1. The first kappa shape index (κ1) is 15.7. The summed E-state index contributed by atoms with van der Waals surface area (Å²) in [4.78, 5) is 16.1. The molecule has 24 heavy (non-hydrogen) atoms. The van der Waals surface area contributed by atoms with Crippen LogP contribution in [-0.2, 0) is 11.3 Å². The maximum atomic E-state index is 12.7. The quantitative estimate of drug-likeness (QED) is 0.594. The van der Waals surface area contributed by atoms with E-state index in [0.29, 0.717) is 21.5 Å². The van der Waals surface area contributed by atoms with E-state index in [1.165, 1.54) is 17.3 Å². The van der Waals surface area contributed by atoms with Crippen molar-refractivity contribution in [3.05, 3.63) is 50.6 Å². The Morgan fingerprint density at radius 3 is 2.92 bits per heavy atom. The molecule has 4 nitrogen and oxygen atoms in total. The molecule has 0 unspecified atom stereocenters. The summed E-state index contributed by atoms with van der Waals surface area (Å²) in [6, 6.07) is 7.73. The molecule has 0 radical (unpaired) electrons. The number of thioether (sulfide) groups is 1. The Hall–Kier alpha value is -1.83. The molecule has 1 amide bonds. The average molecular weight is 375 g/mol. The molecule has 122 valence electrons. The van der Waals surface area contributed by atoms with Crippen LogP contribution in [0, 0.1) is 6.92 Å². The minimum absolute atomic E-state index is 0.0459. The first-order chi connectivity index (χ1) is 11.6. The molecule has 2 aliphatic heterocycles. The molecule has 1 fully saturated rings. The van der Waals surface area contributed by atoms with Gasteiger partial charge in [-0.05, 0) is 47.7 Å². The van der Waals surface area contributed by atoms with Crippen molar-refractivity contribution in [3.63, 3.8) is 0 Å². The molecule has 0 atom stereocenters. The van der Waals surface area contributed by atoms with Gasteiger partial charge < -0.3 is 9.47 Å². The van der Waals surface area contributed by atoms with Gasteiger partial charge >= 0.3 is 0 Å². The van der Waals surface area contributed by atoms with Gasteiger partial charge in [0.25, 0.3) is 5.91 Å². The molecule has 0 saturated carbocycles. The molecule has 0 spiro atoms. The first-order valence-electron chi connectivity index (χ1n) is 7.30. The molecule has 1 aromatic heterocycles. The summed E-state index contributed by atoms with van der Waals surface area (Å²) in [6.07, 6.45) is 1.93. The van der Waals surface area contributed by atoms with Crippen molar-refractivity contribution in [2.75, 3.05) is 6.79 Å². The highest BCUT2D eigenvalue weighted by Crippen LogP contribution is 2.37.